The molecule has 2 aliphatic rings. The Kier molecular flexibility index (Phi) is 9.01. The number of hydrogen-bond donors (Lipinski definition) is 2. The van der Waals surface area contributed by atoms with E-state index in [1.165, 1.54) is 0 Å². The van der Waals surface area contributed by atoms with Gasteiger partial charge in [0, 0.05) is 16.7 Å². The predicted octanol–water partition coefficient (Wildman–Crippen LogP) is 6.17. The van der Waals surface area contributed by atoms with Gasteiger partial charge in [-0.25, -0.2) is 0 Å². The largest absolute Gasteiger partial charge is 0.382 e. The van der Waals surface area contributed by atoms with Crippen LogP contribution in [0.25, 0.3) is 23.4 Å². The third-order valence-corrected chi connectivity index (χ3v) is 5.74. The summed E-state index contributed by atoms with van der Waals surface area (Å²) in [6.07, 6.45) is 10.9. The van der Waals surface area contributed by atoms with Crippen molar-refractivity contribution >= 4 is 59.5 Å². The molecule has 0 saturated heterocycles. The SMILES string of the molecule is C1=Cc2ccccc2ON=C1.C1=Cc2ccccc2ON=C1.Nc1nnc(-c2cccc(Cl)c2Cl)c(N)n1. The summed E-state index contributed by atoms with van der Waals surface area (Å²) >= 11 is 11.9. The molecular weight excluding hydrogens is 525 g/mol. The van der Waals surface area contributed by atoms with E-state index in [1.54, 1.807) is 30.6 Å². The van der Waals surface area contributed by atoms with Gasteiger partial charge in [0.1, 0.15) is 5.69 Å². The highest BCUT2D eigenvalue weighted by atomic mass is 35.5. The quantitative estimate of drug-likeness (QED) is 0.292. The third-order valence-electron chi connectivity index (χ3n) is 4.92. The molecule has 0 amide bonds. The lowest BCUT2D eigenvalue weighted by Crippen LogP contribution is -2.04. The zero-order valence-electron chi connectivity index (χ0n) is 19.8. The van der Waals surface area contributed by atoms with Gasteiger partial charge in [0.2, 0.25) is 5.95 Å². The second kappa shape index (κ2) is 13.0. The zero-order valence-corrected chi connectivity index (χ0v) is 21.3. The zero-order chi connectivity index (χ0) is 26.7. The number of nitrogen functional groups attached to an aromatic ring is 2. The van der Waals surface area contributed by atoms with Crippen molar-refractivity contribution in [3.05, 3.63) is 100 Å². The van der Waals surface area contributed by atoms with Crippen molar-refractivity contribution < 1.29 is 9.68 Å². The van der Waals surface area contributed by atoms with E-state index in [9.17, 15) is 0 Å². The number of benzene rings is 3. The molecule has 9 nitrogen and oxygen atoms in total. The van der Waals surface area contributed by atoms with Gasteiger partial charge in [-0.05, 0) is 42.5 Å². The molecule has 11 heteroatoms. The van der Waals surface area contributed by atoms with E-state index in [2.05, 4.69) is 25.5 Å². The van der Waals surface area contributed by atoms with Gasteiger partial charge in [-0.3, -0.25) is 0 Å². The molecule has 0 unspecified atom stereocenters. The van der Waals surface area contributed by atoms with E-state index in [4.69, 9.17) is 44.3 Å². The number of allylic oxidation sites excluding steroid dienone is 2. The highest BCUT2D eigenvalue weighted by molar-refractivity contribution is 6.43. The number of para-hydroxylation sites is 2. The Morgan fingerprint density at radius 3 is 1.82 bits per heavy atom. The molecule has 0 bridgehead atoms. The molecule has 38 heavy (non-hydrogen) atoms. The van der Waals surface area contributed by atoms with Crippen LogP contribution in [-0.4, -0.2) is 27.6 Å². The highest BCUT2D eigenvalue weighted by Gasteiger charge is 2.13. The van der Waals surface area contributed by atoms with Crippen LogP contribution in [0, 0.1) is 0 Å². The lowest BCUT2D eigenvalue weighted by molar-refractivity contribution is 0.344. The van der Waals surface area contributed by atoms with Gasteiger partial charge in [-0.15, -0.1) is 10.2 Å². The maximum absolute atomic E-state index is 6.03. The topological polar surface area (TPSA) is 134 Å². The number of fused-ring (bicyclic) bond motifs is 2. The van der Waals surface area contributed by atoms with Gasteiger partial charge in [0.05, 0.1) is 22.5 Å². The fraction of sp³-hybridized carbons (Fsp3) is 0. The molecule has 0 saturated carbocycles. The summed E-state index contributed by atoms with van der Waals surface area (Å²) in [6.45, 7) is 0. The molecule has 3 aromatic carbocycles. The average molecular weight is 546 g/mol. The van der Waals surface area contributed by atoms with E-state index in [1.807, 2.05) is 72.8 Å². The molecule has 0 aliphatic carbocycles. The van der Waals surface area contributed by atoms with E-state index in [0.29, 0.717) is 21.3 Å². The van der Waals surface area contributed by atoms with Crippen LogP contribution in [0.15, 0.2) is 89.2 Å². The number of halogens is 2. The lowest BCUT2D eigenvalue weighted by atomic mass is 10.1. The molecule has 4 aromatic rings. The minimum atomic E-state index is 0.0133. The van der Waals surface area contributed by atoms with Crippen LogP contribution in [0.2, 0.25) is 10.0 Å². The maximum atomic E-state index is 6.03. The number of rotatable bonds is 1. The second-order valence-electron chi connectivity index (χ2n) is 7.49. The monoisotopic (exact) mass is 545 g/mol. The van der Waals surface area contributed by atoms with Crippen LogP contribution in [0.4, 0.5) is 11.8 Å². The molecule has 2 aliphatic heterocycles. The number of nitrogens with two attached hydrogens (primary N) is 2. The van der Waals surface area contributed by atoms with Crippen molar-refractivity contribution in [3.63, 3.8) is 0 Å². The Hall–Kier alpha value is -4.73. The van der Waals surface area contributed by atoms with E-state index in [-0.39, 0.29) is 11.8 Å². The average Bonchev–Trinajstić information content (AvgIpc) is 3.32. The number of hydrogen-bond acceptors (Lipinski definition) is 9. The summed E-state index contributed by atoms with van der Waals surface area (Å²) in [5.41, 5.74) is 14.1. The van der Waals surface area contributed by atoms with Crippen LogP contribution >= 0.6 is 23.2 Å². The van der Waals surface area contributed by atoms with Crippen molar-refractivity contribution in [1.29, 1.82) is 0 Å². The van der Waals surface area contributed by atoms with Crippen molar-refractivity contribution in [1.82, 2.24) is 15.2 Å². The highest BCUT2D eigenvalue weighted by Crippen LogP contribution is 2.34. The van der Waals surface area contributed by atoms with Crippen molar-refractivity contribution in [2.24, 2.45) is 10.3 Å². The van der Waals surface area contributed by atoms with Crippen LogP contribution in [0.3, 0.4) is 0 Å². The Morgan fingerprint density at radius 1 is 0.658 bits per heavy atom. The summed E-state index contributed by atoms with van der Waals surface area (Å²) in [4.78, 5) is 13.9. The third kappa shape index (κ3) is 6.94. The Morgan fingerprint density at radius 2 is 1.24 bits per heavy atom. The van der Waals surface area contributed by atoms with Gasteiger partial charge in [0.25, 0.3) is 0 Å². The molecule has 4 N–H and O–H groups in total. The van der Waals surface area contributed by atoms with Crippen LogP contribution in [0.5, 0.6) is 11.5 Å². The minimum Gasteiger partial charge on any atom is -0.382 e. The number of nitrogens with zero attached hydrogens (tertiary/aromatic N) is 5. The Balaban J connectivity index is 0.000000136. The summed E-state index contributed by atoms with van der Waals surface area (Å²) in [6, 6.07) is 20.7. The van der Waals surface area contributed by atoms with E-state index >= 15 is 0 Å². The second-order valence-corrected chi connectivity index (χ2v) is 8.28. The fourth-order valence-electron chi connectivity index (χ4n) is 3.17. The van der Waals surface area contributed by atoms with Gasteiger partial charge < -0.3 is 21.1 Å². The smallest absolute Gasteiger partial charge is 0.242 e. The van der Waals surface area contributed by atoms with Gasteiger partial charge in [-0.1, -0.05) is 82.0 Å². The molecule has 0 atom stereocenters. The van der Waals surface area contributed by atoms with Crippen molar-refractivity contribution in [3.8, 4) is 22.8 Å². The van der Waals surface area contributed by atoms with Gasteiger partial charge >= 0.3 is 0 Å². The van der Waals surface area contributed by atoms with E-state index < -0.39 is 0 Å². The van der Waals surface area contributed by atoms with E-state index in [0.717, 1.165) is 22.6 Å². The van der Waals surface area contributed by atoms with Gasteiger partial charge in [-0.2, -0.15) is 4.98 Å². The molecule has 0 fully saturated rings. The summed E-state index contributed by atoms with van der Waals surface area (Å²) in [7, 11) is 0. The molecule has 1 aromatic heterocycles. The Bertz CT molecular complexity index is 1470. The first-order valence-corrected chi connectivity index (χ1v) is 11.9. The number of oxime groups is 2. The summed E-state index contributed by atoms with van der Waals surface area (Å²) in [5, 5.41) is 15.6. The molecule has 6 rings (SSSR count). The first-order chi connectivity index (χ1) is 18.5. The molecular formula is C27H21Cl2N7O2. The normalized spacial score (nSPS) is 12.2. The van der Waals surface area contributed by atoms with Crippen LogP contribution < -0.4 is 21.1 Å². The lowest BCUT2D eigenvalue weighted by Gasteiger charge is -2.06. The predicted molar refractivity (Wildman–Crippen MR) is 153 cm³/mol. The van der Waals surface area contributed by atoms with Crippen molar-refractivity contribution in [2.75, 3.05) is 11.5 Å². The van der Waals surface area contributed by atoms with Gasteiger partial charge in [0.15, 0.2) is 17.3 Å². The molecule has 3 heterocycles. The molecule has 0 spiro atoms. The standard InChI is InChI=1S/C9H7Cl2N5.2C9H7NO/c10-5-3-1-2-4(6(5)11)7-8(12)14-9(13)16-15-7;2*1-2-6-9-8(4-1)5-3-7-10-11-9/h1-3H,(H4,12,13,14,16);2*1-7H. The fourth-order valence-corrected chi connectivity index (χ4v) is 3.56. The molecule has 190 valence electrons. The first kappa shape index (κ1) is 26.3. The molecule has 0 radical (unpaired) electrons. The number of aromatic nitrogens is 3. The Labute approximate surface area is 228 Å². The number of anilines is 2. The summed E-state index contributed by atoms with van der Waals surface area (Å²) < 4.78 is 0. The van der Waals surface area contributed by atoms with Crippen LogP contribution in [-0.2, 0) is 0 Å². The minimum absolute atomic E-state index is 0.0133. The van der Waals surface area contributed by atoms with Crippen LogP contribution in [0.1, 0.15) is 11.1 Å². The first-order valence-electron chi connectivity index (χ1n) is 11.1. The summed E-state index contributed by atoms with van der Waals surface area (Å²) in [5.74, 6) is 1.78. The maximum Gasteiger partial charge on any atom is 0.242 e. The van der Waals surface area contributed by atoms with Crippen molar-refractivity contribution in [2.45, 2.75) is 0 Å².